The number of benzene rings is 2. The molecule has 0 atom stereocenters. The largest absolute Gasteiger partial charge is 0.336 e. The monoisotopic (exact) mass is 494 g/mol. The Kier molecular flexibility index (Phi) is 6.08. The second-order valence-electron chi connectivity index (χ2n) is 8.44. The molecule has 180 valence electrons. The molecule has 1 aliphatic rings. The van der Waals surface area contributed by atoms with Gasteiger partial charge in [0.25, 0.3) is 11.6 Å². The lowest BCUT2D eigenvalue weighted by Crippen LogP contribution is -2.50. The van der Waals surface area contributed by atoms with Gasteiger partial charge in [-0.2, -0.15) is 4.31 Å². The van der Waals surface area contributed by atoms with Crippen molar-refractivity contribution < 1.29 is 22.1 Å². The fraction of sp³-hybridized carbons (Fsp3) is 0.240. The molecule has 0 unspecified atom stereocenters. The summed E-state index contributed by atoms with van der Waals surface area (Å²) in [6, 6.07) is 16.5. The summed E-state index contributed by atoms with van der Waals surface area (Å²) in [4.78, 5) is 19.6. The Bertz CT molecular complexity index is 1480. The molecule has 1 aliphatic heterocycles. The molecule has 1 saturated heterocycles. The Morgan fingerprint density at radius 2 is 1.71 bits per heavy atom. The number of amides is 1. The van der Waals surface area contributed by atoms with Gasteiger partial charge in [0.2, 0.25) is 10.0 Å². The molecule has 0 N–H and O–H groups in total. The highest BCUT2D eigenvalue weighted by Crippen LogP contribution is 2.28. The second kappa shape index (κ2) is 9.20. The van der Waals surface area contributed by atoms with Crippen molar-refractivity contribution >= 4 is 27.0 Å². The molecule has 8 nitrogen and oxygen atoms in total. The van der Waals surface area contributed by atoms with Crippen molar-refractivity contribution in [3.8, 4) is 11.3 Å². The number of aromatic nitrogens is 2. The van der Waals surface area contributed by atoms with E-state index in [0.717, 1.165) is 5.56 Å². The SMILES string of the molecule is Cc1noc2nc(-c3ccc(F)cc3)cc(C(=O)N3CCN(S(=O)(=O)Cc4ccccc4)CC3)c12. The molecular formula is C25H23FN4O4S. The number of carbonyl (C=O) groups is 1. The van der Waals surface area contributed by atoms with Crippen LogP contribution in [0, 0.1) is 12.7 Å². The fourth-order valence-corrected chi connectivity index (χ4v) is 5.76. The summed E-state index contributed by atoms with van der Waals surface area (Å²) in [6.07, 6.45) is 0. The lowest BCUT2D eigenvalue weighted by molar-refractivity contribution is 0.0699. The molecule has 3 heterocycles. The van der Waals surface area contributed by atoms with Crippen LogP contribution in [0.3, 0.4) is 0 Å². The predicted octanol–water partition coefficient (Wildman–Crippen LogP) is 3.63. The maximum absolute atomic E-state index is 13.5. The number of nitrogens with zero attached hydrogens (tertiary/aromatic N) is 4. The van der Waals surface area contributed by atoms with E-state index in [1.807, 2.05) is 18.2 Å². The van der Waals surface area contributed by atoms with Gasteiger partial charge < -0.3 is 9.42 Å². The fourth-order valence-electron chi connectivity index (χ4n) is 4.25. The molecule has 5 rings (SSSR count). The number of piperazine rings is 1. The van der Waals surface area contributed by atoms with E-state index in [0.29, 0.717) is 27.9 Å². The van der Waals surface area contributed by atoms with Crippen LogP contribution >= 0.6 is 0 Å². The number of halogens is 1. The Morgan fingerprint density at radius 3 is 2.40 bits per heavy atom. The summed E-state index contributed by atoms with van der Waals surface area (Å²) in [5.41, 5.74) is 2.94. The topological polar surface area (TPSA) is 96.6 Å². The summed E-state index contributed by atoms with van der Waals surface area (Å²) in [7, 11) is -3.50. The smallest absolute Gasteiger partial charge is 0.259 e. The van der Waals surface area contributed by atoms with Crippen molar-refractivity contribution in [1.29, 1.82) is 0 Å². The number of fused-ring (bicyclic) bond motifs is 1. The Hall–Kier alpha value is -3.63. The van der Waals surface area contributed by atoms with E-state index in [9.17, 15) is 17.6 Å². The molecule has 0 spiro atoms. The van der Waals surface area contributed by atoms with Gasteiger partial charge in [0.05, 0.1) is 28.1 Å². The summed E-state index contributed by atoms with van der Waals surface area (Å²) in [5.74, 6) is -0.706. The lowest BCUT2D eigenvalue weighted by atomic mass is 10.0. The van der Waals surface area contributed by atoms with Crippen LogP contribution in [-0.4, -0.2) is 59.8 Å². The van der Waals surface area contributed by atoms with Crippen LogP contribution in [-0.2, 0) is 15.8 Å². The third-order valence-corrected chi connectivity index (χ3v) is 7.95. The highest BCUT2D eigenvalue weighted by atomic mass is 32.2. The summed E-state index contributed by atoms with van der Waals surface area (Å²) >= 11 is 0. The van der Waals surface area contributed by atoms with Gasteiger partial charge in [-0.15, -0.1) is 0 Å². The molecule has 1 fully saturated rings. The summed E-state index contributed by atoms with van der Waals surface area (Å²) in [6.45, 7) is 2.67. The Balaban J connectivity index is 1.38. The molecule has 2 aromatic carbocycles. The normalized spacial score (nSPS) is 15.0. The average molecular weight is 495 g/mol. The van der Waals surface area contributed by atoms with Crippen LogP contribution in [0.2, 0.25) is 0 Å². The van der Waals surface area contributed by atoms with Crippen LogP contribution in [0.5, 0.6) is 0 Å². The lowest BCUT2D eigenvalue weighted by Gasteiger charge is -2.34. The molecule has 0 aliphatic carbocycles. The summed E-state index contributed by atoms with van der Waals surface area (Å²) < 4.78 is 45.9. The standard InChI is InChI=1S/C25H23FN4O4S/c1-17-23-21(15-22(27-24(23)34-28-17)19-7-9-20(26)10-8-19)25(31)29-11-13-30(14-12-29)35(32,33)16-18-5-3-2-4-6-18/h2-10,15H,11-14,16H2,1H3. The molecule has 1 amide bonds. The van der Waals surface area contributed by atoms with Crippen LogP contribution in [0.15, 0.2) is 65.2 Å². The number of hydrogen-bond acceptors (Lipinski definition) is 6. The molecule has 0 saturated carbocycles. The van der Waals surface area contributed by atoms with Crippen molar-refractivity contribution in [2.75, 3.05) is 26.2 Å². The van der Waals surface area contributed by atoms with Crippen molar-refractivity contribution in [3.05, 3.63) is 83.3 Å². The average Bonchev–Trinajstić information content (AvgIpc) is 3.24. The van der Waals surface area contributed by atoms with Crippen LogP contribution in [0.1, 0.15) is 21.6 Å². The van der Waals surface area contributed by atoms with Gasteiger partial charge in [0.1, 0.15) is 5.82 Å². The third kappa shape index (κ3) is 4.67. The van der Waals surface area contributed by atoms with Gasteiger partial charge in [-0.3, -0.25) is 4.79 Å². The Morgan fingerprint density at radius 1 is 1.03 bits per heavy atom. The number of hydrogen-bond donors (Lipinski definition) is 0. The van der Waals surface area contributed by atoms with Gasteiger partial charge in [-0.1, -0.05) is 35.5 Å². The number of aryl methyl sites for hydroxylation is 1. The minimum absolute atomic E-state index is 0.0757. The number of pyridine rings is 1. The van der Waals surface area contributed by atoms with Gasteiger partial charge in [0.15, 0.2) is 0 Å². The van der Waals surface area contributed by atoms with Crippen molar-refractivity contribution in [2.24, 2.45) is 0 Å². The highest BCUT2D eigenvalue weighted by molar-refractivity contribution is 7.88. The van der Waals surface area contributed by atoms with E-state index in [4.69, 9.17) is 4.52 Å². The van der Waals surface area contributed by atoms with Gasteiger partial charge in [0, 0.05) is 31.7 Å². The first-order valence-electron chi connectivity index (χ1n) is 11.2. The zero-order valence-corrected chi connectivity index (χ0v) is 19.8. The molecule has 2 aromatic heterocycles. The summed E-state index contributed by atoms with van der Waals surface area (Å²) in [5, 5.41) is 4.48. The molecular weight excluding hydrogens is 471 g/mol. The zero-order valence-electron chi connectivity index (χ0n) is 19.0. The van der Waals surface area contributed by atoms with Gasteiger partial charge in [-0.05, 0) is 42.8 Å². The van der Waals surface area contributed by atoms with Crippen LogP contribution < -0.4 is 0 Å². The van der Waals surface area contributed by atoms with E-state index < -0.39 is 10.0 Å². The molecule has 35 heavy (non-hydrogen) atoms. The predicted molar refractivity (Wildman–Crippen MR) is 128 cm³/mol. The number of carbonyl (C=O) groups excluding carboxylic acids is 1. The molecule has 0 bridgehead atoms. The molecule has 10 heteroatoms. The first-order chi connectivity index (χ1) is 16.8. The number of rotatable bonds is 5. The van der Waals surface area contributed by atoms with Crippen LogP contribution in [0.4, 0.5) is 4.39 Å². The van der Waals surface area contributed by atoms with Crippen molar-refractivity contribution in [1.82, 2.24) is 19.3 Å². The van der Waals surface area contributed by atoms with Crippen molar-refractivity contribution in [2.45, 2.75) is 12.7 Å². The van der Waals surface area contributed by atoms with E-state index in [1.54, 1.807) is 42.2 Å². The minimum Gasteiger partial charge on any atom is -0.336 e. The Labute approximate surface area is 202 Å². The van der Waals surface area contributed by atoms with E-state index in [-0.39, 0.29) is 49.4 Å². The maximum Gasteiger partial charge on any atom is 0.259 e. The second-order valence-corrected chi connectivity index (χ2v) is 10.4. The third-order valence-electron chi connectivity index (χ3n) is 6.10. The quantitative estimate of drug-likeness (QED) is 0.420. The zero-order chi connectivity index (χ0) is 24.6. The molecule has 4 aromatic rings. The van der Waals surface area contributed by atoms with Crippen LogP contribution in [0.25, 0.3) is 22.4 Å². The van der Waals surface area contributed by atoms with Gasteiger partial charge >= 0.3 is 0 Å². The first kappa shape index (κ1) is 23.1. The van der Waals surface area contributed by atoms with Crippen molar-refractivity contribution in [3.63, 3.8) is 0 Å². The highest BCUT2D eigenvalue weighted by Gasteiger charge is 2.31. The minimum atomic E-state index is -3.50. The molecule has 0 radical (unpaired) electrons. The van der Waals surface area contributed by atoms with E-state index >= 15 is 0 Å². The van der Waals surface area contributed by atoms with Gasteiger partial charge in [-0.25, -0.2) is 17.8 Å². The number of sulfonamides is 1. The maximum atomic E-state index is 13.5. The first-order valence-corrected chi connectivity index (χ1v) is 12.8. The van der Waals surface area contributed by atoms with E-state index in [1.165, 1.54) is 16.4 Å². The van der Waals surface area contributed by atoms with E-state index in [2.05, 4.69) is 10.1 Å².